The van der Waals surface area contributed by atoms with Crippen LogP contribution >= 0.6 is 0 Å². The first-order valence-corrected chi connectivity index (χ1v) is 9.11. The molecule has 0 saturated heterocycles. The van der Waals surface area contributed by atoms with E-state index in [1.807, 2.05) is 61.0 Å². The van der Waals surface area contributed by atoms with Crippen molar-refractivity contribution in [2.45, 2.75) is 26.8 Å². The number of rotatable bonds is 7. The first kappa shape index (κ1) is 19.5. The average molecular weight is 379 g/mol. The van der Waals surface area contributed by atoms with E-state index in [0.29, 0.717) is 18.0 Å². The number of carbonyl (C=O) groups is 1. The van der Waals surface area contributed by atoms with Gasteiger partial charge in [0.15, 0.2) is 0 Å². The average Bonchev–Trinajstić information content (AvgIpc) is 3.01. The second-order valence-corrected chi connectivity index (χ2v) is 6.53. The molecule has 3 aromatic rings. The summed E-state index contributed by atoms with van der Waals surface area (Å²) in [5, 5.41) is 7.62. The summed E-state index contributed by atoms with van der Waals surface area (Å²) in [5.74, 6) is 1.26. The molecule has 3 rings (SSSR count). The molecule has 0 atom stereocenters. The fraction of sp³-hybridized carbons (Fsp3) is 0.273. The van der Waals surface area contributed by atoms with Gasteiger partial charge in [0.25, 0.3) is 0 Å². The van der Waals surface area contributed by atoms with Crippen molar-refractivity contribution in [3.8, 4) is 17.2 Å². The van der Waals surface area contributed by atoms with Crippen LogP contribution in [0.15, 0.2) is 48.5 Å². The molecule has 1 N–H and O–H groups in total. The zero-order valence-electron chi connectivity index (χ0n) is 16.7. The van der Waals surface area contributed by atoms with Crippen molar-refractivity contribution in [2.75, 3.05) is 14.2 Å². The molecule has 0 saturated carbocycles. The number of ether oxygens (including phenoxy) is 2. The number of nitrogens with one attached hydrogen (secondary N) is 1. The van der Waals surface area contributed by atoms with Gasteiger partial charge >= 0.3 is 0 Å². The monoisotopic (exact) mass is 379 g/mol. The quantitative estimate of drug-likeness (QED) is 0.684. The van der Waals surface area contributed by atoms with Crippen LogP contribution in [0.5, 0.6) is 11.5 Å². The molecule has 0 bridgehead atoms. The summed E-state index contributed by atoms with van der Waals surface area (Å²) in [7, 11) is 3.18. The molecular weight excluding hydrogens is 354 g/mol. The van der Waals surface area contributed by atoms with Crippen molar-refractivity contribution in [3.63, 3.8) is 0 Å². The third-order valence-corrected chi connectivity index (χ3v) is 4.75. The van der Waals surface area contributed by atoms with E-state index < -0.39 is 0 Å². The summed E-state index contributed by atoms with van der Waals surface area (Å²) in [5.41, 5.74) is 4.77. The minimum Gasteiger partial charge on any atom is -0.497 e. The van der Waals surface area contributed by atoms with Crippen LogP contribution < -0.4 is 14.8 Å². The number of hydrogen-bond donors (Lipinski definition) is 1. The highest BCUT2D eigenvalue weighted by atomic mass is 16.5. The van der Waals surface area contributed by atoms with Gasteiger partial charge in [0.1, 0.15) is 11.5 Å². The Balaban J connectivity index is 1.69. The molecule has 28 heavy (non-hydrogen) atoms. The Kier molecular flexibility index (Phi) is 5.99. The van der Waals surface area contributed by atoms with E-state index in [4.69, 9.17) is 9.47 Å². The Hall–Kier alpha value is -3.28. The number of para-hydroxylation sites is 1. The van der Waals surface area contributed by atoms with E-state index in [1.165, 1.54) is 0 Å². The second-order valence-electron chi connectivity index (χ2n) is 6.53. The topological polar surface area (TPSA) is 65.4 Å². The highest BCUT2D eigenvalue weighted by molar-refractivity contribution is 5.79. The molecule has 0 aliphatic rings. The van der Waals surface area contributed by atoms with Gasteiger partial charge in [-0.15, -0.1) is 0 Å². The van der Waals surface area contributed by atoms with Crippen LogP contribution in [0.3, 0.4) is 0 Å². The van der Waals surface area contributed by atoms with Gasteiger partial charge in [-0.2, -0.15) is 5.10 Å². The predicted molar refractivity (Wildman–Crippen MR) is 108 cm³/mol. The molecule has 1 amide bonds. The molecule has 1 heterocycles. The lowest BCUT2D eigenvalue weighted by Crippen LogP contribution is -2.25. The van der Waals surface area contributed by atoms with Crippen molar-refractivity contribution in [1.82, 2.24) is 15.1 Å². The van der Waals surface area contributed by atoms with Crippen molar-refractivity contribution >= 4 is 5.91 Å². The molecule has 146 valence electrons. The van der Waals surface area contributed by atoms with Crippen LogP contribution in [0.2, 0.25) is 0 Å². The molecule has 0 radical (unpaired) electrons. The largest absolute Gasteiger partial charge is 0.497 e. The lowest BCUT2D eigenvalue weighted by atomic mass is 10.1. The maximum absolute atomic E-state index is 12.5. The van der Waals surface area contributed by atoms with Crippen LogP contribution in [0.25, 0.3) is 5.69 Å². The Bertz CT molecular complexity index is 965. The number of methoxy groups -OCH3 is 2. The van der Waals surface area contributed by atoms with Crippen LogP contribution in [0, 0.1) is 13.8 Å². The van der Waals surface area contributed by atoms with E-state index in [2.05, 4.69) is 10.4 Å². The van der Waals surface area contributed by atoms with Crippen LogP contribution in [-0.4, -0.2) is 29.9 Å². The molecule has 0 spiro atoms. The van der Waals surface area contributed by atoms with E-state index >= 15 is 0 Å². The van der Waals surface area contributed by atoms with Crippen molar-refractivity contribution in [1.29, 1.82) is 0 Å². The first-order chi connectivity index (χ1) is 13.5. The molecular formula is C22H25N3O3. The van der Waals surface area contributed by atoms with Gasteiger partial charge in [0, 0.05) is 29.4 Å². The van der Waals surface area contributed by atoms with Crippen LogP contribution in [-0.2, 0) is 17.8 Å². The van der Waals surface area contributed by atoms with E-state index in [0.717, 1.165) is 28.2 Å². The Morgan fingerprint density at radius 1 is 1.07 bits per heavy atom. The Labute approximate surface area is 165 Å². The normalized spacial score (nSPS) is 10.6. The molecule has 0 aliphatic carbocycles. The molecule has 0 unspecified atom stereocenters. The number of aromatic nitrogens is 2. The summed E-state index contributed by atoms with van der Waals surface area (Å²) in [6.45, 7) is 4.41. The Morgan fingerprint density at radius 3 is 2.50 bits per heavy atom. The maximum atomic E-state index is 12.5. The zero-order chi connectivity index (χ0) is 20.1. The minimum atomic E-state index is -0.0743. The number of nitrogens with zero attached hydrogens (tertiary/aromatic N) is 2. The summed E-state index contributed by atoms with van der Waals surface area (Å²) >= 11 is 0. The minimum absolute atomic E-state index is 0.0743. The number of hydrogen-bond acceptors (Lipinski definition) is 4. The van der Waals surface area contributed by atoms with E-state index in [9.17, 15) is 4.79 Å². The van der Waals surface area contributed by atoms with E-state index in [1.54, 1.807) is 20.3 Å². The zero-order valence-corrected chi connectivity index (χ0v) is 16.7. The third-order valence-electron chi connectivity index (χ3n) is 4.75. The lowest BCUT2D eigenvalue weighted by Gasteiger charge is -2.11. The fourth-order valence-corrected chi connectivity index (χ4v) is 3.17. The molecule has 6 nitrogen and oxygen atoms in total. The molecule has 1 aromatic heterocycles. The van der Waals surface area contributed by atoms with Crippen molar-refractivity contribution in [2.24, 2.45) is 0 Å². The number of amides is 1. The highest BCUT2D eigenvalue weighted by Gasteiger charge is 2.15. The number of carbonyl (C=O) groups excluding carboxylic acids is 1. The molecule has 0 fully saturated rings. The first-order valence-electron chi connectivity index (χ1n) is 9.11. The summed E-state index contributed by atoms with van der Waals surface area (Å²) in [6, 6.07) is 15.4. The summed E-state index contributed by atoms with van der Waals surface area (Å²) in [6.07, 6.45) is 0.234. The van der Waals surface area contributed by atoms with Gasteiger partial charge in [-0.05, 0) is 32.0 Å². The van der Waals surface area contributed by atoms with Crippen molar-refractivity contribution in [3.05, 3.63) is 71.0 Å². The van der Waals surface area contributed by atoms with Gasteiger partial charge < -0.3 is 14.8 Å². The Morgan fingerprint density at radius 2 is 1.82 bits per heavy atom. The number of aryl methyl sites for hydroxylation is 1. The molecule has 6 heteroatoms. The molecule has 2 aromatic carbocycles. The van der Waals surface area contributed by atoms with Gasteiger partial charge in [0.2, 0.25) is 5.91 Å². The van der Waals surface area contributed by atoms with E-state index in [-0.39, 0.29) is 12.3 Å². The van der Waals surface area contributed by atoms with Gasteiger partial charge in [0.05, 0.1) is 32.0 Å². The highest BCUT2D eigenvalue weighted by Crippen LogP contribution is 2.25. The standard InChI is InChI=1S/C22H25N3O3/c1-15-20(16(2)25(24-15)18-8-6-5-7-9-18)14-23-22(26)12-17-10-11-19(27-3)13-21(17)28-4/h5-11,13H,12,14H2,1-4H3,(H,23,26). The molecule has 0 aliphatic heterocycles. The number of benzene rings is 2. The smallest absolute Gasteiger partial charge is 0.224 e. The SMILES string of the molecule is COc1ccc(CC(=O)NCc2c(C)nn(-c3ccccc3)c2C)c(OC)c1. The van der Waals surface area contributed by atoms with Crippen LogP contribution in [0.1, 0.15) is 22.5 Å². The fourth-order valence-electron chi connectivity index (χ4n) is 3.17. The maximum Gasteiger partial charge on any atom is 0.224 e. The summed E-state index contributed by atoms with van der Waals surface area (Å²) < 4.78 is 12.5. The predicted octanol–water partition coefficient (Wildman–Crippen LogP) is 3.37. The van der Waals surface area contributed by atoms with Crippen LogP contribution in [0.4, 0.5) is 0 Å². The summed E-state index contributed by atoms with van der Waals surface area (Å²) in [4.78, 5) is 12.5. The van der Waals surface area contributed by atoms with Crippen molar-refractivity contribution < 1.29 is 14.3 Å². The van der Waals surface area contributed by atoms with Gasteiger partial charge in [-0.1, -0.05) is 24.3 Å². The van der Waals surface area contributed by atoms with Gasteiger partial charge in [-0.25, -0.2) is 4.68 Å². The van der Waals surface area contributed by atoms with Gasteiger partial charge in [-0.3, -0.25) is 4.79 Å². The lowest BCUT2D eigenvalue weighted by molar-refractivity contribution is -0.120. The second kappa shape index (κ2) is 8.61. The third kappa shape index (κ3) is 4.17.